The van der Waals surface area contributed by atoms with Crippen LogP contribution in [0.3, 0.4) is 0 Å². The molecule has 2 rings (SSSR count). The molecule has 1 unspecified atom stereocenters. The van der Waals surface area contributed by atoms with Crippen LogP contribution in [0.1, 0.15) is 31.9 Å². The van der Waals surface area contributed by atoms with E-state index < -0.39 is 11.8 Å². The van der Waals surface area contributed by atoms with Crippen LogP contribution in [0.2, 0.25) is 0 Å². The van der Waals surface area contributed by atoms with Crippen LogP contribution in [-0.2, 0) is 9.59 Å². The van der Waals surface area contributed by atoms with Crippen molar-refractivity contribution in [1.29, 1.82) is 0 Å². The third kappa shape index (κ3) is 2.15. The number of hydrogen-bond acceptors (Lipinski definition) is 4. The number of nitrogens with zero attached hydrogens (tertiary/aromatic N) is 2. The number of rotatable bonds is 3. The summed E-state index contributed by atoms with van der Waals surface area (Å²) in [5.41, 5.74) is 5.98. The Morgan fingerprint density at radius 2 is 2.35 bits per heavy atom. The Balaban J connectivity index is 2.17. The molecule has 17 heavy (non-hydrogen) atoms. The first-order chi connectivity index (χ1) is 7.99. The Kier molecular flexibility index (Phi) is 2.87. The highest BCUT2D eigenvalue weighted by molar-refractivity contribution is 5.99. The quantitative estimate of drug-likeness (QED) is 0.835. The van der Waals surface area contributed by atoms with Crippen molar-refractivity contribution < 1.29 is 14.1 Å². The Bertz CT molecular complexity index is 453. The highest BCUT2D eigenvalue weighted by Gasteiger charge is 2.35. The molecule has 1 atom stereocenters. The molecule has 2 amide bonds. The summed E-state index contributed by atoms with van der Waals surface area (Å²) in [6.07, 6.45) is 0.146. The maximum atomic E-state index is 11.7. The molecular formula is C11H15N3O3. The first-order valence-electron chi connectivity index (χ1n) is 5.55. The summed E-state index contributed by atoms with van der Waals surface area (Å²) in [5.74, 6) is -0.417. The van der Waals surface area contributed by atoms with Crippen molar-refractivity contribution in [3.8, 4) is 0 Å². The Labute approximate surface area is 98.7 Å². The van der Waals surface area contributed by atoms with Gasteiger partial charge in [-0.1, -0.05) is 19.0 Å². The summed E-state index contributed by atoms with van der Waals surface area (Å²) in [7, 11) is 0. The van der Waals surface area contributed by atoms with Crippen LogP contribution in [0.5, 0.6) is 0 Å². The second kappa shape index (κ2) is 4.20. The average molecular weight is 237 g/mol. The molecule has 2 heterocycles. The van der Waals surface area contributed by atoms with Crippen molar-refractivity contribution in [2.24, 2.45) is 11.7 Å². The molecule has 1 aromatic rings. The van der Waals surface area contributed by atoms with E-state index in [2.05, 4.69) is 5.16 Å². The third-order valence-corrected chi connectivity index (χ3v) is 2.90. The van der Waals surface area contributed by atoms with E-state index in [4.69, 9.17) is 10.3 Å². The number of hydrogen-bond donors (Lipinski definition) is 1. The number of anilines is 1. The number of carbonyl (C=O) groups is 2. The van der Waals surface area contributed by atoms with Gasteiger partial charge in [0.05, 0.1) is 11.6 Å². The van der Waals surface area contributed by atoms with E-state index in [1.54, 1.807) is 6.07 Å². The van der Waals surface area contributed by atoms with Crippen LogP contribution in [0.4, 0.5) is 5.88 Å². The molecule has 1 aliphatic rings. The molecule has 1 aliphatic heterocycles. The smallest absolute Gasteiger partial charge is 0.234 e. The van der Waals surface area contributed by atoms with Crippen LogP contribution in [0, 0.1) is 5.92 Å². The van der Waals surface area contributed by atoms with E-state index in [1.807, 2.05) is 13.8 Å². The fourth-order valence-electron chi connectivity index (χ4n) is 1.79. The minimum atomic E-state index is -0.454. The fraction of sp³-hybridized carbons (Fsp3) is 0.545. The molecule has 0 bridgehead atoms. The maximum absolute atomic E-state index is 11.7. The van der Waals surface area contributed by atoms with Gasteiger partial charge in [0.15, 0.2) is 0 Å². The van der Waals surface area contributed by atoms with Crippen LogP contribution >= 0.6 is 0 Å². The summed E-state index contributed by atoms with van der Waals surface area (Å²) in [4.78, 5) is 24.2. The van der Waals surface area contributed by atoms with Gasteiger partial charge in [-0.15, -0.1) is 0 Å². The Morgan fingerprint density at radius 1 is 1.65 bits per heavy atom. The van der Waals surface area contributed by atoms with Gasteiger partial charge in [-0.3, -0.25) is 14.5 Å². The van der Waals surface area contributed by atoms with Gasteiger partial charge in [-0.2, -0.15) is 0 Å². The second-order valence-corrected chi connectivity index (χ2v) is 4.55. The predicted molar refractivity (Wildman–Crippen MR) is 60.2 cm³/mol. The highest BCUT2D eigenvalue weighted by atomic mass is 16.5. The summed E-state index contributed by atoms with van der Waals surface area (Å²) < 4.78 is 5.11. The summed E-state index contributed by atoms with van der Waals surface area (Å²) in [6, 6.07) is 1.73. The number of primary amides is 1. The molecule has 6 nitrogen and oxygen atoms in total. The number of amides is 2. The first-order valence-corrected chi connectivity index (χ1v) is 5.55. The van der Waals surface area contributed by atoms with Gasteiger partial charge in [0.1, 0.15) is 0 Å². The van der Waals surface area contributed by atoms with E-state index >= 15 is 0 Å². The first kappa shape index (κ1) is 11.6. The summed E-state index contributed by atoms with van der Waals surface area (Å²) in [6.45, 7) is 4.25. The molecule has 1 aromatic heterocycles. The van der Waals surface area contributed by atoms with Crippen molar-refractivity contribution in [3.63, 3.8) is 0 Å². The molecule has 92 valence electrons. The molecule has 0 spiro atoms. The van der Waals surface area contributed by atoms with Gasteiger partial charge < -0.3 is 10.3 Å². The fourth-order valence-corrected chi connectivity index (χ4v) is 1.79. The molecule has 1 fully saturated rings. The van der Waals surface area contributed by atoms with Crippen molar-refractivity contribution in [3.05, 3.63) is 11.8 Å². The van der Waals surface area contributed by atoms with Crippen LogP contribution < -0.4 is 10.6 Å². The summed E-state index contributed by atoms with van der Waals surface area (Å²) in [5, 5.41) is 3.88. The molecule has 0 aliphatic carbocycles. The minimum absolute atomic E-state index is 0.146. The van der Waals surface area contributed by atoms with Crippen molar-refractivity contribution >= 4 is 17.7 Å². The second-order valence-electron chi connectivity index (χ2n) is 4.55. The standard InChI is InChI=1S/C11H15N3O3/c1-6(2)8-4-10(17-13-8)14-5-7(11(12)16)3-9(14)15/h4,6-7H,3,5H2,1-2H3,(H2,12,16). The topological polar surface area (TPSA) is 89.4 Å². The normalized spacial score (nSPS) is 20.3. The number of aromatic nitrogens is 1. The van der Waals surface area contributed by atoms with Gasteiger partial charge >= 0.3 is 0 Å². The SMILES string of the molecule is CC(C)c1cc(N2CC(C(N)=O)CC2=O)on1. The van der Waals surface area contributed by atoms with Gasteiger partial charge in [0.25, 0.3) is 0 Å². The van der Waals surface area contributed by atoms with Crippen LogP contribution in [0.25, 0.3) is 0 Å². The highest BCUT2D eigenvalue weighted by Crippen LogP contribution is 2.27. The van der Waals surface area contributed by atoms with Gasteiger partial charge in [0, 0.05) is 19.0 Å². The van der Waals surface area contributed by atoms with E-state index in [0.717, 1.165) is 5.69 Å². The zero-order valence-corrected chi connectivity index (χ0v) is 9.84. The zero-order chi connectivity index (χ0) is 12.6. The Morgan fingerprint density at radius 3 is 2.82 bits per heavy atom. The van der Waals surface area contributed by atoms with E-state index in [-0.39, 0.29) is 24.8 Å². The van der Waals surface area contributed by atoms with Crippen molar-refractivity contribution in [2.45, 2.75) is 26.2 Å². The molecule has 0 aromatic carbocycles. The largest absolute Gasteiger partial charge is 0.369 e. The molecule has 0 radical (unpaired) electrons. The molecule has 6 heteroatoms. The maximum Gasteiger partial charge on any atom is 0.234 e. The predicted octanol–water partition coefficient (Wildman–Crippen LogP) is 0.636. The van der Waals surface area contributed by atoms with E-state index in [0.29, 0.717) is 5.88 Å². The van der Waals surface area contributed by atoms with Crippen molar-refractivity contribution in [2.75, 3.05) is 11.4 Å². The lowest BCUT2D eigenvalue weighted by molar-refractivity contribution is -0.123. The third-order valence-electron chi connectivity index (χ3n) is 2.90. The van der Waals surface area contributed by atoms with E-state index in [9.17, 15) is 9.59 Å². The van der Waals surface area contributed by atoms with Crippen molar-refractivity contribution in [1.82, 2.24) is 5.16 Å². The lowest BCUT2D eigenvalue weighted by atomic mass is 10.1. The molecular weight excluding hydrogens is 222 g/mol. The van der Waals surface area contributed by atoms with E-state index in [1.165, 1.54) is 4.90 Å². The summed E-state index contributed by atoms with van der Waals surface area (Å²) >= 11 is 0. The van der Waals surface area contributed by atoms with Crippen LogP contribution in [0.15, 0.2) is 10.6 Å². The average Bonchev–Trinajstić information content (AvgIpc) is 2.83. The van der Waals surface area contributed by atoms with Crippen LogP contribution in [-0.4, -0.2) is 23.5 Å². The van der Waals surface area contributed by atoms with Gasteiger partial charge in [-0.05, 0) is 5.92 Å². The molecule has 1 saturated heterocycles. The lowest BCUT2D eigenvalue weighted by Gasteiger charge is -2.10. The monoisotopic (exact) mass is 237 g/mol. The van der Waals surface area contributed by atoms with Gasteiger partial charge in [0.2, 0.25) is 17.7 Å². The lowest BCUT2D eigenvalue weighted by Crippen LogP contribution is -2.28. The molecule has 0 saturated carbocycles. The van der Waals surface area contributed by atoms with Gasteiger partial charge in [-0.25, -0.2) is 0 Å². The minimum Gasteiger partial charge on any atom is -0.369 e. The number of nitrogens with two attached hydrogens (primary N) is 1. The zero-order valence-electron chi connectivity index (χ0n) is 9.84. The Hall–Kier alpha value is -1.85. The number of carbonyl (C=O) groups excluding carboxylic acids is 2. The molecule has 2 N–H and O–H groups in total.